The molecule has 0 N–H and O–H groups in total. The van der Waals surface area contributed by atoms with E-state index in [1.807, 2.05) is 12.1 Å². The number of benzene rings is 2. The molecule has 0 atom stereocenters. The number of hydrogen-bond donors (Lipinski definition) is 0. The van der Waals surface area contributed by atoms with Crippen molar-refractivity contribution in [3.63, 3.8) is 0 Å². The number of hydrogen-bond acceptors (Lipinski definition) is 4. The van der Waals surface area contributed by atoms with Crippen molar-refractivity contribution in [3.8, 4) is 11.8 Å². The molecule has 22 heavy (non-hydrogen) atoms. The molecule has 2 aromatic carbocycles. The largest absolute Gasteiger partial charge is 0.488 e. The summed E-state index contributed by atoms with van der Waals surface area (Å²) in [7, 11) is 0. The fourth-order valence-electron chi connectivity index (χ4n) is 1.83. The molecule has 2 rings (SSSR count). The van der Waals surface area contributed by atoms with Gasteiger partial charge in [0, 0.05) is 21.7 Å². The van der Waals surface area contributed by atoms with Gasteiger partial charge in [0.15, 0.2) is 0 Å². The van der Waals surface area contributed by atoms with Crippen LogP contribution in [0.25, 0.3) is 6.08 Å². The van der Waals surface area contributed by atoms with E-state index in [1.165, 1.54) is 6.08 Å². The highest BCUT2D eigenvalue weighted by atomic mass is 79.9. The zero-order valence-electron chi connectivity index (χ0n) is 11.4. The molecule has 2 aromatic rings. The lowest BCUT2D eigenvalue weighted by atomic mass is 10.1. The van der Waals surface area contributed by atoms with Crippen molar-refractivity contribution in [2.24, 2.45) is 0 Å². The number of nitriles is 1. The molecule has 0 aromatic heterocycles. The van der Waals surface area contributed by atoms with Crippen LogP contribution in [0.3, 0.4) is 0 Å². The molecular formula is C16H11BrN2O3. The van der Waals surface area contributed by atoms with Crippen LogP contribution < -0.4 is 4.74 Å². The first kappa shape index (κ1) is 15.7. The molecular weight excluding hydrogens is 348 g/mol. The molecule has 0 radical (unpaired) electrons. The third-order valence-corrected chi connectivity index (χ3v) is 3.36. The Hall–Kier alpha value is -2.65. The van der Waals surface area contributed by atoms with Gasteiger partial charge in [0.2, 0.25) is 6.20 Å². The first-order valence-electron chi connectivity index (χ1n) is 6.32. The van der Waals surface area contributed by atoms with Gasteiger partial charge in [-0.25, -0.2) is 0 Å². The van der Waals surface area contributed by atoms with Gasteiger partial charge in [-0.1, -0.05) is 34.1 Å². The van der Waals surface area contributed by atoms with Gasteiger partial charge in [-0.2, -0.15) is 5.26 Å². The smallest absolute Gasteiger partial charge is 0.235 e. The van der Waals surface area contributed by atoms with Gasteiger partial charge in [0.1, 0.15) is 12.4 Å². The van der Waals surface area contributed by atoms with Crippen molar-refractivity contribution in [1.29, 1.82) is 5.26 Å². The van der Waals surface area contributed by atoms with E-state index >= 15 is 0 Å². The van der Waals surface area contributed by atoms with Crippen molar-refractivity contribution in [3.05, 3.63) is 79.9 Å². The Morgan fingerprint density at radius 2 is 2.09 bits per heavy atom. The highest BCUT2D eigenvalue weighted by molar-refractivity contribution is 9.10. The second-order valence-electron chi connectivity index (χ2n) is 4.34. The predicted octanol–water partition coefficient (Wildman–Crippen LogP) is 4.15. The second-order valence-corrected chi connectivity index (χ2v) is 5.26. The molecule has 0 spiro atoms. The molecule has 6 heteroatoms. The average molecular weight is 359 g/mol. The van der Waals surface area contributed by atoms with Crippen LogP contribution in [0.5, 0.6) is 5.75 Å². The fraction of sp³-hybridized carbons (Fsp3) is 0.0625. The minimum Gasteiger partial charge on any atom is -0.488 e. The lowest BCUT2D eigenvalue weighted by molar-refractivity contribution is -0.400. The summed E-state index contributed by atoms with van der Waals surface area (Å²) in [5.74, 6) is 0.508. The lowest BCUT2D eigenvalue weighted by Gasteiger charge is -2.10. The van der Waals surface area contributed by atoms with E-state index < -0.39 is 4.92 Å². The topological polar surface area (TPSA) is 76.2 Å². The average Bonchev–Trinajstić information content (AvgIpc) is 2.52. The highest BCUT2D eigenvalue weighted by Gasteiger charge is 2.06. The minimum absolute atomic E-state index is 0.213. The summed E-state index contributed by atoms with van der Waals surface area (Å²) in [5.41, 5.74) is 1.89. The zero-order valence-corrected chi connectivity index (χ0v) is 13.0. The van der Waals surface area contributed by atoms with Gasteiger partial charge in [0.25, 0.3) is 0 Å². The molecule has 0 amide bonds. The lowest BCUT2D eigenvalue weighted by Crippen LogP contribution is -1.99. The molecule has 0 heterocycles. The molecule has 110 valence electrons. The van der Waals surface area contributed by atoms with Crippen molar-refractivity contribution in [2.75, 3.05) is 0 Å². The standard InChI is InChI=1S/C16H11BrN2O3/c17-15-5-6-16(12(9-15)7-8-19(20)21)22-11-14-4-2-1-3-13(14)10-18/h1-9H,11H2/b8-7-. The van der Waals surface area contributed by atoms with Gasteiger partial charge >= 0.3 is 0 Å². The Morgan fingerprint density at radius 1 is 1.32 bits per heavy atom. The van der Waals surface area contributed by atoms with Crippen molar-refractivity contribution in [1.82, 2.24) is 0 Å². The van der Waals surface area contributed by atoms with Crippen LogP contribution >= 0.6 is 15.9 Å². The van der Waals surface area contributed by atoms with Crippen LogP contribution in [-0.4, -0.2) is 4.92 Å². The molecule has 0 saturated heterocycles. The van der Waals surface area contributed by atoms with Crippen LogP contribution in [-0.2, 0) is 6.61 Å². The summed E-state index contributed by atoms with van der Waals surface area (Å²) < 4.78 is 6.50. The van der Waals surface area contributed by atoms with E-state index in [2.05, 4.69) is 22.0 Å². The van der Waals surface area contributed by atoms with Gasteiger partial charge in [-0.05, 0) is 24.3 Å². The van der Waals surface area contributed by atoms with Gasteiger partial charge < -0.3 is 4.74 Å². The Bertz CT molecular complexity index is 766. The SMILES string of the molecule is N#Cc1ccccc1COc1ccc(Br)cc1/C=C\[N+](=O)[O-]. The summed E-state index contributed by atoms with van der Waals surface area (Å²) in [4.78, 5) is 9.93. The third-order valence-electron chi connectivity index (χ3n) is 2.87. The maximum atomic E-state index is 10.5. The number of halogens is 1. The van der Waals surface area contributed by atoms with Crippen molar-refractivity contribution < 1.29 is 9.66 Å². The van der Waals surface area contributed by atoms with Crippen molar-refractivity contribution in [2.45, 2.75) is 6.61 Å². The summed E-state index contributed by atoms with van der Waals surface area (Å²) in [5, 5.41) is 19.5. The second kappa shape index (κ2) is 7.38. The summed E-state index contributed by atoms with van der Waals surface area (Å²) >= 11 is 3.32. The minimum atomic E-state index is -0.532. The van der Waals surface area contributed by atoms with Crippen LogP contribution in [0.1, 0.15) is 16.7 Å². The maximum absolute atomic E-state index is 10.5. The molecule has 0 saturated carbocycles. The molecule has 0 unspecified atom stereocenters. The van der Waals surface area contributed by atoms with Crippen LogP contribution in [0.15, 0.2) is 53.1 Å². The fourth-order valence-corrected chi connectivity index (χ4v) is 2.21. The van der Waals surface area contributed by atoms with E-state index in [-0.39, 0.29) is 6.61 Å². The number of rotatable bonds is 5. The molecule has 5 nitrogen and oxygen atoms in total. The van der Waals surface area contributed by atoms with Gasteiger partial charge in [0.05, 0.1) is 16.6 Å². The monoisotopic (exact) mass is 358 g/mol. The van der Waals surface area contributed by atoms with Crippen LogP contribution in [0.2, 0.25) is 0 Å². The molecule has 0 aliphatic rings. The number of nitro groups is 1. The van der Waals surface area contributed by atoms with Crippen molar-refractivity contribution >= 4 is 22.0 Å². The Balaban J connectivity index is 2.23. The summed E-state index contributed by atoms with van der Waals surface area (Å²) in [6, 6.07) is 14.5. The molecule has 0 aliphatic heterocycles. The third kappa shape index (κ3) is 4.17. The Kier molecular flexibility index (Phi) is 5.28. The Labute approximate surface area is 135 Å². The predicted molar refractivity (Wildman–Crippen MR) is 85.7 cm³/mol. The quantitative estimate of drug-likeness (QED) is 0.594. The molecule has 0 fully saturated rings. The van der Waals surface area contributed by atoms with E-state index in [0.717, 1.165) is 16.2 Å². The number of ether oxygens (including phenoxy) is 1. The number of nitrogens with zero attached hydrogens (tertiary/aromatic N) is 2. The van der Waals surface area contributed by atoms with E-state index in [9.17, 15) is 10.1 Å². The first-order chi connectivity index (χ1) is 10.6. The van der Waals surface area contributed by atoms with Crippen LogP contribution in [0.4, 0.5) is 0 Å². The van der Waals surface area contributed by atoms with Crippen LogP contribution in [0, 0.1) is 21.4 Å². The van der Waals surface area contributed by atoms with E-state index in [0.29, 0.717) is 16.9 Å². The zero-order chi connectivity index (χ0) is 15.9. The molecule has 0 bridgehead atoms. The summed E-state index contributed by atoms with van der Waals surface area (Å²) in [6.07, 6.45) is 2.23. The van der Waals surface area contributed by atoms with E-state index in [4.69, 9.17) is 10.00 Å². The van der Waals surface area contributed by atoms with E-state index in [1.54, 1.807) is 30.3 Å². The normalized spacial score (nSPS) is 10.4. The van der Waals surface area contributed by atoms with Gasteiger partial charge in [-0.3, -0.25) is 10.1 Å². The Morgan fingerprint density at radius 3 is 2.82 bits per heavy atom. The maximum Gasteiger partial charge on any atom is 0.235 e. The summed E-state index contributed by atoms with van der Waals surface area (Å²) in [6.45, 7) is 0.213. The first-order valence-corrected chi connectivity index (χ1v) is 7.11. The molecule has 0 aliphatic carbocycles. The van der Waals surface area contributed by atoms with Gasteiger partial charge in [-0.15, -0.1) is 0 Å². The highest BCUT2D eigenvalue weighted by Crippen LogP contribution is 2.25.